The molecule has 0 rings (SSSR count). The first kappa shape index (κ1) is 70.9. The van der Waals surface area contributed by atoms with E-state index in [2.05, 4.69) is 111 Å². The van der Waals surface area contributed by atoms with Crippen LogP contribution in [0, 0.1) is 0 Å². The third-order valence-electron chi connectivity index (χ3n) is 12.7. The van der Waals surface area contributed by atoms with Crippen molar-refractivity contribution < 1.29 is 37.6 Å². The van der Waals surface area contributed by atoms with Crippen LogP contribution in [-0.4, -0.2) is 49.3 Å². The fraction of sp³-hybridized carbons (Fsp3) is 0.719. The van der Waals surface area contributed by atoms with E-state index >= 15 is 0 Å². The maximum atomic E-state index is 12.7. The number of carbonyl (C=O) groups excluding carboxylic acids is 2. The van der Waals surface area contributed by atoms with Crippen LogP contribution in [-0.2, 0) is 32.7 Å². The van der Waals surface area contributed by atoms with Crippen molar-refractivity contribution in [2.75, 3.05) is 26.4 Å². The summed E-state index contributed by atoms with van der Waals surface area (Å²) < 4.78 is 32.9. The monoisotopic (exact) mass is 1050 g/mol. The van der Waals surface area contributed by atoms with Crippen LogP contribution in [0.4, 0.5) is 0 Å². The lowest BCUT2D eigenvalue weighted by Crippen LogP contribution is -2.29. The van der Waals surface area contributed by atoms with Gasteiger partial charge in [-0.1, -0.05) is 252 Å². The zero-order valence-electron chi connectivity index (χ0n) is 47.6. The molecule has 10 heteroatoms. The van der Waals surface area contributed by atoms with Gasteiger partial charge in [0.1, 0.15) is 6.61 Å². The lowest BCUT2D eigenvalue weighted by molar-refractivity contribution is -0.161. The third kappa shape index (κ3) is 58.2. The zero-order valence-corrected chi connectivity index (χ0v) is 48.4. The molecule has 0 aliphatic carbocycles. The maximum Gasteiger partial charge on any atom is 0.472 e. The second-order valence-corrected chi connectivity index (χ2v) is 21.3. The summed E-state index contributed by atoms with van der Waals surface area (Å²) in [5.41, 5.74) is 5.37. The number of esters is 2. The van der Waals surface area contributed by atoms with Crippen LogP contribution in [0.5, 0.6) is 0 Å². The molecule has 426 valence electrons. The predicted octanol–water partition coefficient (Wildman–Crippen LogP) is 19.2. The molecular formula is C64H112NO8P. The largest absolute Gasteiger partial charge is 0.472 e. The molecule has 0 heterocycles. The number of hydrogen-bond donors (Lipinski definition) is 2. The van der Waals surface area contributed by atoms with Gasteiger partial charge < -0.3 is 20.1 Å². The van der Waals surface area contributed by atoms with Crippen LogP contribution >= 0.6 is 7.82 Å². The van der Waals surface area contributed by atoms with Crippen molar-refractivity contribution in [2.24, 2.45) is 5.73 Å². The highest BCUT2D eigenvalue weighted by molar-refractivity contribution is 7.47. The molecule has 0 radical (unpaired) electrons. The van der Waals surface area contributed by atoms with Gasteiger partial charge in [0.25, 0.3) is 0 Å². The number of nitrogens with two attached hydrogens (primary N) is 1. The molecule has 0 aromatic carbocycles. The van der Waals surface area contributed by atoms with E-state index in [1.807, 2.05) is 0 Å². The quantitative estimate of drug-likeness (QED) is 0.0264. The molecule has 0 aliphatic heterocycles. The summed E-state index contributed by atoms with van der Waals surface area (Å²) in [4.78, 5) is 35.1. The first-order valence-electron chi connectivity index (χ1n) is 30.2. The van der Waals surface area contributed by atoms with Gasteiger partial charge in [-0.2, -0.15) is 0 Å². The summed E-state index contributed by atoms with van der Waals surface area (Å²) in [7, 11) is -4.39. The molecule has 0 amide bonds. The molecule has 3 N–H and O–H groups in total. The summed E-state index contributed by atoms with van der Waals surface area (Å²) in [5.74, 6) is -0.834. The molecule has 2 unspecified atom stereocenters. The first-order chi connectivity index (χ1) is 36.3. The third-order valence-corrected chi connectivity index (χ3v) is 13.7. The van der Waals surface area contributed by atoms with Crippen LogP contribution in [0.3, 0.4) is 0 Å². The van der Waals surface area contributed by atoms with Crippen molar-refractivity contribution in [3.05, 3.63) is 97.2 Å². The Balaban J connectivity index is 3.80. The molecule has 0 saturated heterocycles. The lowest BCUT2D eigenvalue weighted by Gasteiger charge is -2.19. The number of rotatable bonds is 56. The minimum Gasteiger partial charge on any atom is -0.462 e. The molecule has 0 spiro atoms. The summed E-state index contributed by atoms with van der Waals surface area (Å²) in [6, 6.07) is 0. The number of phosphoric acid groups is 1. The number of phosphoric ester groups is 1. The Kier molecular flexibility index (Phi) is 56.7. The van der Waals surface area contributed by atoms with Gasteiger partial charge in [-0.25, -0.2) is 4.57 Å². The summed E-state index contributed by atoms with van der Waals surface area (Å²) >= 11 is 0. The molecule has 9 nitrogen and oxygen atoms in total. The van der Waals surface area contributed by atoms with E-state index in [4.69, 9.17) is 24.3 Å². The SMILES string of the molecule is CC/C=C\C/C=C\C/C=C\C/C=C\C/C=C\C/C=C\C/C=C\CCCCCCCCCCCCCCCCCCCCCC(=O)OC(COC(=O)CCCCCCC/C=C\CCCCC)COP(=O)(O)OCCN. The Labute approximate surface area is 455 Å². The Morgan fingerprint density at radius 2 is 0.743 bits per heavy atom. The van der Waals surface area contributed by atoms with Gasteiger partial charge in [0.2, 0.25) is 0 Å². The summed E-state index contributed by atoms with van der Waals surface area (Å²) in [6.07, 6.45) is 79.2. The van der Waals surface area contributed by atoms with Crippen molar-refractivity contribution in [1.82, 2.24) is 0 Å². The average Bonchev–Trinajstić information content (AvgIpc) is 3.39. The highest BCUT2D eigenvalue weighted by Crippen LogP contribution is 2.43. The first-order valence-corrected chi connectivity index (χ1v) is 31.7. The van der Waals surface area contributed by atoms with Crippen LogP contribution in [0.15, 0.2) is 97.2 Å². The Hall–Kier alpha value is -3.07. The minimum absolute atomic E-state index is 0.0509. The molecule has 0 aromatic heterocycles. The van der Waals surface area contributed by atoms with Crippen molar-refractivity contribution in [3.63, 3.8) is 0 Å². The highest BCUT2D eigenvalue weighted by atomic mass is 31.2. The summed E-state index contributed by atoms with van der Waals surface area (Å²) in [6.45, 7) is 3.60. The van der Waals surface area contributed by atoms with Gasteiger partial charge in [-0.15, -0.1) is 0 Å². The van der Waals surface area contributed by atoms with Crippen molar-refractivity contribution in [3.8, 4) is 0 Å². The topological polar surface area (TPSA) is 134 Å². The Morgan fingerprint density at radius 3 is 1.12 bits per heavy atom. The van der Waals surface area contributed by atoms with E-state index in [0.29, 0.717) is 6.42 Å². The predicted molar refractivity (Wildman–Crippen MR) is 316 cm³/mol. The van der Waals surface area contributed by atoms with E-state index in [0.717, 1.165) is 103 Å². The van der Waals surface area contributed by atoms with Crippen LogP contribution < -0.4 is 5.73 Å². The van der Waals surface area contributed by atoms with E-state index < -0.39 is 26.5 Å². The van der Waals surface area contributed by atoms with Crippen molar-refractivity contribution in [2.45, 2.75) is 270 Å². The molecule has 74 heavy (non-hydrogen) atoms. The molecule has 0 saturated carbocycles. The molecule has 0 aromatic rings. The zero-order chi connectivity index (χ0) is 53.8. The Morgan fingerprint density at radius 1 is 0.419 bits per heavy atom. The number of ether oxygens (including phenoxy) is 2. The van der Waals surface area contributed by atoms with E-state index in [1.54, 1.807) is 0 Å². The van der Waals surface area contributed by atoms with Gasteiger partial charge in [0.15, 0.2) is 6.10 Å². The van der Waals surface area contributed by atoms with Gasteiger partial charge in [-0.05, 0) is 96.3 Å². The molecular weight excluding hydrogens is 942 g/mol. The lowest BCUT2D eigenvalue weighted by atomic mass is 10.0. The second kappa shape index (κ2) is 59.2. The number of hydrogen-bond acceptors (Lipinski definition) is 8. The minimum atomic E-state index is -4.39. The van der Waals surface area contributed by atoms with Crippen LogP contribution in [0.25, 0.3) is 0 Å². The van der Waals surface area contributed by atoms with E-state index in [9.17, 15) is 19.0 Å². The van der Waals surface area contributed by atoms with Gasteiger partial charge in [-0.3, -0.25) is 18.6 Å². The second-order valence-electron chi connectivity index (χ2n) is 19.8. The van der Waals surface area contributed by atoms with Gasteiger partial charge in [0.05, 0.1) is 13.2 Å². The summed E-state index contributed by atoms with van der Waals surface area (Å²) in [5, 5.41) is 0. The highest BCUT2D eigenvalue weighted by Gasteiger charge is 2.26. The number of unbranched alkanes of at least 4 members (excludes halogenated alkanes) is 27. The molecule has 2 atom stereocenters. The molecule has 0 fully saturated rings. The fourth-order valence-corrected chi connectivity index (χ4v) is 9.02. The van der Waals surface area contributed by atoms with Crippen molar-refractivity contribution >= 4 is 19.8 Å². The van der Waals surface area contributed by atoms with E-state index in [1.165, 1.54) is 128 Å². The fourth-order valence-electron chi connectivity index (χ4n) is 8.26. The smallest absolute Gasteiger partial charge is 0.462 e. The molecule has 0 bridgehead atoms. The number of carbonyl (C=O) groups is 2. The normalized spacial score (nSPS) is 13.7. The van der Waals surface area contributed by atoms with Crippen LogP contribution in [0.2, 0.25) is 0 Å². The Bertz CT molecular complexity index is 1530. The van der Waals surface area contributed by atoms with E-state index in [-0.39, 0.29) is 38.6 Å². The average molecular weight is 1050 g/mol. The number of allylic oxidation sites excluding steroid dienone is 16. The van der Waals surface area contributed by atoms with Gasteiger partial charge in [0, 0.05) is 19.4 Å². The van der Waals surface area contributed by atoms with Crippen molar-refractivity contribution in [1.29, 1.82) is 0 Å². The maximum absolute atomic E-state index is 12.7. The van der Waals surface area contributed by atoms with Crippen LogP contribution in [0.1, 0.15) is 264 Å². The van der Waals surface area contributed by atoms with Gasteiger partial charge >= 0.3 is 19.8 Å². The standard InChI is InChI=1S/C64H112NO8P/c1-3-5-7-9-11-13-15-17-18-19-20-21-22-23-24-25-26-27-28-29-30-31-32-33-34-35-36-37-38-39-40-41-42-43-44-45-47-49-51-53-55-57-64(67)73-62(61-72-74(68,69)71-59-58-65)60-70-63(66)56-54-52-50-48-46-16-14-12-10-8-6-4-2/h5,7,11-14,17-18,20-21,23-24,26-27,29-30,62H,3-4,6,8-10,15-16,19,22,25,28,31-61,65H2,1-2H3,(H,68,69)/b7-5-,13-11-,14-12-,18-17-,21-20-,24-23-,27-26-,30-29-. The molecule has 0 aliphatic rings.